The van der Waals surface area contributed by atoms with Crippen LogP contribution in [0.4, 0.5) is 0 Å². The largest absolute Gasteiger partial charge is 0.496 e. The average Bonchev–Trinajstić information content (AvgIpc) is 2.70. The van der Waals surface area contributed by atoms with Crippen LogP contribution in [0, 0.1) is 5.92 Å². The van der Waals surface area contributed by atoms with Gasteiger partial charge in [-0.2, -0.15) is 0 Å². The van der Waals surface area contributed by atoms with E-state index in [0.717, 1.165) is 44.3 Å². The molecule has 0 radical (unpaired) electrons. The molecule has 0 bridgehead atoms. The van der Waals surface area contributed by atoms with Crippen LogP contribution in [0.1, 0.15) is 42.4 Å². The second kappa shape index (κ2) is 7.96. The summed E-state index contributed by atoms with van der Waals surface area (Å²) in [5, 5.41) is 2.44. The number of rotatable bonds is 5. The molecule has 0 unspecified atom stereocenters. The minimum atomic E-state index is 0.141. The van der Waals surface area contributed by atoms with Crippen molar-refractivity contribution >= 4 is 16.6 Å². The number of Topliss-reactive ketones (excluding diaryl/α,β-unsaturated/α-hetero) is 1. The standard InChI is InChI=1S/C25H26O2/c1-27-25-14-12-20-16-19(15-18-7-3-2-4-8-18)11-13-22(20)23(25)17-21-9-5-6-10-24(21)26/h2-4,7-8,11-14,16,21H,5-6,9-10,15,17H2,1H3/t21-/m0/s1. The van der Waals surface area contributed by atoms with Crippen molar-refractivity contribution in [3.05, 3.63) is 77.4 Å². The van der Waals surface area contributed by atoms with E-state index >= 15 is 0 Å². The van der Waals surface area contributed by atoms with E-state index in [0.29, 0.717) is 5.78 Å². The molecule has 0 aliphatic heterocycles. The van der Waals surface area contributed by atoms with E-state index in [-0.39, 0.29) is 5.92 Å². The first-order valence-corrected chi connectivity index (χ1v) is 9.90. The Morgan fingerprint density at radius 3 is 2.59 bits per heavy atom. The quantitative estimate of drug-likeness (QED) is 0.581. The molecule has 1 atom stereocenters. The van der Waals surface area contributed by atoms with Crippen LogP contribution >= 0.6 is 0 Å². The maximum absolute atomic E-state index is 12.4. The van der Waals surface area contributed by atoms with Gasteiger partial charge in [-0.25, -0.2) is 0 Å². The molecule has 27 heavy (non-hydrogen) atoms. The molecule has 0 amide bonds. The van der Waals surface area contributed by atoms with Crippen LogP contribution in [-0.2, 0) is 17.6 Å². The van der Waals surface area contributed by atoms with Crippen LogP contribution in [0.3, 0.4) is 0 Å². The van der Waals surface area contributed by atoms with Gasteiger partial charge in [-0.3, -0.25) is 4.79 Å². The minimum Gasteiger partial charge on any atom is -0.496 e. The Morgan fingerprint density at radius 2 is 1.81 bits per heavy atom. The first-order chi connectivity index (χ1) is 13.2. The summed E-state index contributed by atoms with van der Waals surface area (Å²) in [6.07, 6.45) is 5.66. The van der Waals surface area contributed by atoms with Gasteiger partial charge in [0.25, 0.3) is 0 Å². The number of methoxy groups -OCH3 is 1. The third-order valence-corrected chi connectivity index (χ3v) is 5.76. The molecule has 0 aromatic heterocycles. The van der Waals surface area contributed by atoms with E-state index in [4.69, 9.17) is 4.74 Å². The lowest BCUT2D eigenvalue weighted by atomic mass is 9.82. The number of ether oxygens (including phenoxy) is 1. The van der Waals surface area contributed by atoms with Gasteiger partial charge in [-0.1, -0.05) is 61.0 Å². The summed E-state index contributed by atoms with van der Waals surface area (Å²) in [5.41, 5.74) is 3.80. The van der Waals surface area contributed by atoms with Crippen molar-refractivity contribution in [3.8, 4) is 5.75 Å². The van der Waals surface area contributed by atoms with Crippen LogP contribution < -0.4 is 4.74 Å². The third kappa shape index (κ3) is 3.90. The highest BCUT2D eigenvalue weighted by molar-refractivity contribution is 5.90. The van der Waals surface area contributed by atoms with E-state index in [2.05, 4.69) is 60.7 Å². The number of ketones is 1. The zero-order valence-electron chi connectivity index (χ0n) is 15.9. The number of hydrogen-bond donors (Lipinski definition) is 0. The van der Waals surface area contributed by atoms with Crippen molar-refractivity contribution in [1.29, 1.82) is 0 Å². The average molecular weight is 358 g/mol. The van der Waals surface area contributed by atoms with Crippen molar-refractivity contribution < 1.29 is 9.53 Å². The molecule has 2 nitrogen and oxygen atoms in total. The van der Waals surface area contributed by atoms with Gasteiger partial charge in [0, 0.05) is 17.9 Å². The third-order valence-electron chi connectivity index (χ3n) is 5.76. The smallest absolute Gasteiger partial charge is 0.136 e. The molecule has 0 spiro atoms. The molecule has 138 valence electrons. The molecule has 0 saturated heterocycles. The molecule has 3 aromatic carbocycles. The summed E-state index contributed by atoms with van der Waals surface area (Å²) in [7, 11) is 1.72. The number of carbonyl (C=O) groups is 1. The predicted octanol–water partition coefficient (Wildman–Crippen LogP) is 5.74. The Labute approximate surface area is 161 Å². The van der Waals surface area contributed by atoms with Crippen molar-refractivity contribution in [3.63, 3.8) is 0 Å². The molecule has 0 heterocycles. The maximum atomic E-state index is 12.4. The maximum Gasteiger partial charge on any atom is 0.136 e. The molecular weight excluding hydrogens is 332 g/mol. The van der Waals surface area contributed by atoms with Crippen molar-refractivity contribution in [2.45, 2.75) is 38.5 Å². The fraction of sp³-hybridized carbons (Fsp3) is 0.320. The van der Waals surface area contributed by atoms with Gasteiger partial charge >= 0.3 is 0 Å². The lowest BCUT2D eigenvalue weighted by molar-refractivity contribution is -0.124. The van der Waals surface area contributed by atoms with E-state index in [9.17, 15) is 4.79 Å². The van der Waals surface area contributed by atoms with Crippen molar-refractivity contribution in [2.75, 3.05) is 7.11 Å². The van der Waals surface area contributed by atoms with Gasteiger partial charge in [0.1, 0.15) is 11.5 Å². The topological polar surface area (TPSA) is 26.3 Å². The number of benzene rings is 3. The first-order valence-electron chi connectivity index (χ1n) is 9.90. The van der Waals surface area contributed by atoms with Crippen LogP contribution in [0.2, 0.25) is 0 Å². The van der Waals surface area contributed by atoms with E-state index in [1.54, 1.807) is 7.11 Å². The Hall–Kier alpha value is -2.61. The predicted molar refractivity (Wildman–Crippen MR) is 110 cm³/mol. The number of fused-ring (bicyclic) bond motifs is 1. The van der Waals surface area contributed by atoms with E-state index in [1.807, 2.05) is 0 Å². The van der Waals surface area contributed by atoms with Crippen LogP contribution in [0.25, 0.3) is 10.8 Å². The second-order valence-corrected chi connectivity index (χ2v) is 7.58. The van der Waals surface area contributed by atoms with Gasteiger partial charge in [-0.15, -0.1) is 0 Å². The Balaban J connectivity index is 1.68. The van der Waals surface area contributed by atoms with Gasteiger partial charge in [0.05, 0.1) is 7.11 Å². The number of carbonyl (C=O) groups excluding carboxylic acids is 1. The molecule has 1 aliphatic carbocycles. The normalized spacial score (nSPS) is 17.2. The fourth-order valence-corrected chi connectivity index (χ4v) is 4.28. The zero-order valence-corrected chi connectivity index (χ0v) is 15.9. The lowest BCUT2D eigenvalue weighted by Crippen LogP contribution is -2.21. The van der Waals surface area contributed by atoms with Gasteiger partial charge in [0.2, 0.25) is 0 Å². The molecule has 1 fully saturated rings. The number of hydrogen-bond acceptors (Lipinski definition) is 2. The monoisotopic (exact) mass is 358 g/mol. The molecule has 4 rings (SSSR count). The first kappa shape index (κ1) is 17.8. The van der Waals surface area contributed by atoms with Gasteiger partial charge < -0.3 is 4.74 Å². The van der Waals surface area contributed by atoms with E-state index in [1.165, 1.54) is 27.5 Å². The molecule has 2 heteroatoms. The highest BCUT2D eigenvalue weighted by Gasteiger charge is 2.24. The molecule has 0 N–H and O–H groups in total. The highest BCUT2D eigenvalue weighted by Crippen LogP contribution is 2.34. The minimum absolute atomic E-state index is 0.141. The van der Waals surface area contributed by atoms with Crippen molar-refractivity contribution in [1.82, 2.24) is 0 Å². The van der Waals surface area contributed by atoms with Crippen LogP contribution in [0.15, 0.2) is 60.7 Å². The summed E-state index contributed by atoms with van der Waals surface area (Å²) in [4.78, 5) is 12.4. The van der Waals surface area contributed by atoms with Crippen LogP contribution in [-0.4, -0.2) is 12.9 Å². The van der Waals surface area contributed by atoms with Gasteiger partial charge in [-0.05, 0) is 53.6 Å². The Bertz CT molecular complexity index is 943. The van der Waals surface area contributed by atoms with Crippen molar-refractivity contribution in [2.24, 2.45) is 5.92 Å². The summed E-state index contributed by atoms with van der Waals surface area (Å²) in [6.45, 7) is 0. The SMILES string of the molecule is COc1ccc2cc(Cc3ccccc3)ccc2c1C[C@@H]1CCCCC1=O. The van der Waals surface area contributed by atoms with Crippen LogP contribution in [0.5, 0.6) is 5.75 Å². The molecule has 1 saturated carbocycles. The highest BCUT2D eigenvalue weighted by atomic mass is 16.5. The Kier molecular flexibility index (Phi) is 5.24. The fourth-order valence-electron chi connectivity index (χ4n) is 4.28. The summed E-state index contributed by atoms with van der Waals surface area (Å²) in [6, 6.07) is 21.4. The summed E-state index contributed by atoms with van der Waals surface area (Å²) in [5.74, 6) is 1.46. The second-order valence-electron chi connectivity index (χ2n) is 7.58. The lowest BCUT2D eigenvalue weighted by Gasteiger charge is -2.22. The Morgan fingerprint density at radius 1 is 0.963 bits per heavy atom. The molecule has 3 aromatic rings. The van der Waals surface area contributed by atoms with Gasteiger partial charge in [0.15, 0.2) is 0 Å². The summed E-state index contributed by atoms with van der Waals surface area (Å²) >= 11 is 0. The molecular formula is C25H26O2. The zero-order chi connectivity index (χ0) is 18.6. The van der Waals surface area contributed by atoms with E-state index < -0.39 is 0 Å². The molecule has 1 aliphatic rings. The summed E-state index contributed by atoms with van der Waals surface area (Å²) < 4.78 is 5.64.